The summed E-state index contributed by atoms with van der Waals surface area (Å²) in [6.07, 6.45) is 8.55. The van der Waals surface area contributed by atoms with E-state index in [9.17, 15) is 4.79 Å². The van der Waals surface area contributed by atoms with E-state index >= 15 is 0 Å². The number of anilines is 1. The summed E-state index contributed by atoms with van der Waals surface area (Å²) in [5.74, 6) is 1.13. The average Bonchev–Trinajstić information content (AvgIpc) is 2.68. The summed E-state index contributed by atoms with van der Waals surface area (Å²) in [4.78, 5) is 20.7. The number of hydrogen-bond acceptors (Lipinski definition) is 5. The topological polar surface area (TPSA) is 62.2 Å². The molecule has 25 heavy (non-hydrogen) atoms. The normalized spacial score (nSPS) is 17.3. The van der Waals surface area contributed by atoms with Crippen molar-refractivity contribution in [2.45, 2.75) is 32.1 Å². The van der Waals surface area contributed by atoms with Gasteiger partial charge in [-0.1, -0.05) is 6.07 Å². The van der Waals surface area contributed by atoms with Crippen molar-refractivity contribution in [1.29, 1.82) is 0 Å². The summed E-state index contributed by atoms with van der Waals surface area (Å²) in [5, 5.41) is 8.84. The minimum atomic E-state index is 0.171. The third kappa shape index (κ3) is 3.62. The molecule has 1 fully saturated rings. The Morgan fingerprint density at radius 1 is 1.08 bits per heavy atom. The fourth-order valence-electron chi connectivity index (χ4n) is 3.61. The molecule has 0 saturated carbocycles. The highest BCUT2D eigenvalue weighted by atomic mass is 16.2. The van der Waals surface area contributed by atoms with Crippen LogP contribution in [0.5, 0.6) is 0 Å². The fraction of sp³-hybridized carbons (Fsp3) is 0.474. The summed E-state index contributed by atoms with van der Waals surface area (Å²) in [7, 11) is 0. The van der Waals surface area contributed by atoms with Crippen molar-refractivity contribution in [3.63, 3.8) is 0 Å². The molecule has 0 aromatic carbocycles. The molecule has 1 saturated heterocycles. The molecular weight excluding hydrogens is 314 g/mol. The van der Waals surface area contributed by atoms with Crippen LogP contribution in [-0.2, 0) is 24.1 Å². The Labute approximate surface area is 147 Å². The first kappa shape index (κ1) is 16.0. The number of aryl methyl sites for hydroxylation is 2. The van der Waals surface area contributed by atoms with Gasteiger partial charge in [-0.25, -0.2) is 0 Å². The molecule has 0 atom stereocenters. The van der Waals surface area contributed by atoms with Crippen molar-refractivity contribution in [2.24, 2.45) is 0 Å². The number of carbonyl (C=O) groups excluding carboxylic acids is 1. The maximum atomic E-state index is 12.5. The lowest BCUT2D eigenvalue weighted by atomic mass is 9.97. The van der Waals surface area contributed by atoms with Crippen LogP contribution in [0.4, 0.5) is 5.82 Å². The summed E-state index contributed by atoms with van der Waals surface area (Å²) in [5.41, 5.74) is 3.49. The van der Waals surface area contributed by atoms with Crippen LogP contribution in [0.25, 0.3) is 0 Å². The van der Waals surface area contributed by atoms with Gasteiger partial charge in [-0.3, -0.25) is 9.78 Å². The summed E-state index contributed by atoms with van der Waals surface area (Å²) in [6.45, 7) is 3.09. The molecule has 3 heterocycles. The smallest absolute Gasteiger partial charge is 0.227 e. The Morgan fingerprint density at radius 3 is 2.72 bits per heavy atom. The number of nitrogens with zero attached hydrogens (tertiary/aromatic N) is 5. The third-order valence-corrected chi connectivity index (χ3v) is 5.09. The van der Waals surface area contributed by atoms with Gasteiger partial charge in [0.2, 0.25) is 5.91 Å². The van der Waals surface area contributed by atoms with Gasteiger partial charge in [0.05, 0.1) is 12.1 Å². The second-order valence-corrected chi connectivity index (χ2v) is 6.79. The molecule has 6 heteroatoms. The molecule has 2 aromatic heterocycles. The highest BCUT2D eigenvalue weighted by Crippen LogP contribution is 2.23. The standard InChI is InChI=1S/C19H23N5O/c25-19(12-15-4-3-7-20-14-15)24-10-8-23(9-11-24)18-13-16-5-1-2-6-17(16)21-22-18/h3-4,7,13-14H,1-2,5-6,8-12H2. The van der Waals surface area contributed by atoms with Crippen molar-refractivity contribution in [1.82, 2.24) is 20.1 Å². The minimum Gasteiger partial charge on any atom is -0.352 e. The quantitative estimate of drug-likeness (QED) is 0.852. The maximum absolute atomic E-state index is 12.5. The van der Waals surface area contributed by atoms with Crippen LogP contribution in [0, 0.1) is 0 Å². The number of fused-ring (bicyclic) bond motifs is 1. The summed E-state index contributed by atoms with van der Waals surface area (Å²) < 4.78 is 0. The SMILES string of the molecule is O=C(Cc1cccnc1)N1CCN(c2cc3c(nn2)CCCC3)CC1. The average molecular weight is 337 g/mol. The van der Waals surface area contributed by atoms with Crippen LogP contribution in [0.15, 0.2) is 30.6 Å². The second kappa shape index (κ2) is 7.17. The van der Waals surface area contributed by atoms with Crippen molar-refractivity contribution < 1.29 is 4.79 Å². The molecule has 1 amide bonds. The molecule has 0 radical (unpaired) electrons. The number of hydrogen-bond donors (Lipinski definition) is 0. The monoisotopic (exact) mass is 337 g/mol. The van der Waals surface area contributed by atoms with Crippen LogP contribution in [-0.4, -0.2) is 52.2 Å². The Morgan fingerprint density at radius 2 is 1.92 bits per heavy atom. The lowest BCUT2D eigenvalue weighted by Crippen LogP contribution is -2.49. The van der Waals surface area contributed by atoms with E-state index in [1.807, 2.05) is 17.0 Å². The summed E-state index contributed by atoms with van der Waals surface area (Å²) >= 11 is 0. The Kier molecular flexibility index (Phi) is 4.59. The highest BCUT2D eigenvalue weighted by Gasteiger charge is 2.23. The van der Waals surface area contributed by atoms with E-state index in [0.29, 0.717) is 6.42 Å². The van der Waals surface area contributed by atoms with E-state index in [2.05, 4.69) is 26.1 Å². The van der Waals surface area contributed by atoms with E-state index in [1.54, 1.807) is 12.4 Å². The number of aromatic nitrogens is 3. The molecule has 130 valence electrons. The van der Waals surface area contributed by atoms with Crippen molar-refractivity contribution in [2.75, 3.05) is 31.1 Å². The highest BCUT2D eigenvalue weighted by molar-refractivity contribution is 5.79. The van der Waals surface area contributed by atoms with Crippen LogP contribution in [0.2, 0.25) is 0 Å². The van der Waals surface area contributed by atoms with Gasteiger partial charge in [-0.2, -0.15) is 5.10 Å². The second-order valence-electron chi connectivity index (χ2n) is 6.79. The molecule has 2 aromatic rings. The van der Waals surface area contributed by atoms with Gasteiger partial charge in [0.25, 0.3) is 0 Å². The Hall–Kier alpha value is -2.50. The molecule has 1 aliphatic heterocycles. The van der Waals surface area contributed by atoms with Gasteiger partial charge >= 0.3 is 0 Å². The number of rotatable bonds is 3. The number of pyridine rings is 1. The van der Waals surface area contributed by atoms with Crippen molar-refractivity contribution >= 4 is 11.7 Å². The molecule has 1 aliphatic carbocycles. The predicted octanol–water partition coefficient (Wildman–Crippen LogP) is 1.64. The third-order valence-electron chi connectivity index (χ3n) is 5.09. The van der Waals surface area contributed by atoms with E-state index in [4.69, 9.17) is 0 Å². The van der Waals surface area contributed by atoms with E-state index in [0.717, 1.165) is 50.4 Å². The first-order valence-corrected chi connectivity index (χ1v) is 9.07. The van der Waals surface area contributed by atoms with Crippen molar-refractivity contribution in [3.8, 4) is 0 Å². The zero-order valence-electron chi connectivity index (χ0n) is 14.4. The maximum Gasteiger partial charge on any atom is 0.227 e. The minimum absolute atomic E-state index is 0.171. The summed E-state index contributed by atoms with van der Waals surface area (Å²) in [6, 6.07) is 6.02. The number of piperazine rings is 1. The number of amides is 1. The molecule has 0 spiro atoms. The van der Waals surface area contributed by atoms with Gasteiger partial charge < -0.3 is 9.80 Å². The van der Waals surface area contributed by atoms with Gasteiger partial charge in [0, 0.05) is 38.6 Å². The van der Waals surface area contributed by atoms with Crippen LogP contribution in [0.1, 0.15) is 29.7 Å². The lowest BCUT2D eigenvalue weighted by Gasteiger charge is -2.35. The number of carbonyl (C=O) groups is 1. The van der Waals surface area contributed by atoms with E-state index in [1.165, 1.54) is 24.1 Å². The largest absolute Gasteiger partial charge is 0.352 e. The predicted molar refractivity (Wildman–Crippen MR) is 95.4 cm³/mol. The lowest BCUT2D eigenvalue weighted by molar-refractivity contribution is -0.130. The van der Waals surface area contributed by atoms with Gasteiger partial charge in [0.1, 0.15) is 0 Å². The van der Waals surface area contributed by atoms with E-state index < -0.39 is 0 Å². The molecule has 0 N–H and O–H groups in total. The molecule has 2 aliphatic rings. The first-order valence-electron chi connectivity index (χ1n) is 9.07. The molecule has 6 nitrogen and oxygen atoms in total. The van der Waals surface area contributed by atoms with Crippen molar-refractivity contribution in [3.05, 3.63) is 47.4 Å². The Balaban J connectivity index is 1.36. The molecule has 0 bridgehead atoms. The Bertz CT molecular complexity index is 741. The van der Waals surface area contributed by atoms with E-state index in [-0.39, 0.29) is 5.91 Å². The van der Waals surface area contributed by atoms with Gasteiger partial charge in [-0.05, 0) is 48.9 Å². The molecular formula is C19H23N5O. The zero-order valence-corrected chi connectivity index (χ0v) is 14.4. The van der Waals surface area contributed by atoms with Gasteiger partial charge in [-0.15, -0.1) is 5.10 Å². The molecule has 4 rings (SSSR count). The first-order chi connectivity index (χ1) is 12.3. The zero-order chi connectivity index (χ0) is 17.1. The fourth-order valence-corrected chi connectivity index (χ4v) is 3.61. The van der Waals surface area contributed by atoms with Crippen LogP contribution >= 0.6 is 0 Å². The van der Waals surface area contributed by atoms with Crippen LogP contribution < -0.4 is 4.90 Å². The van der Waals surface area contributed by atoms with Gasteiger partial charge in [0.15, 0.2) is 5.82 Å². The molecule has 0 unspecified atom stereocenters. The van der Waals surface area contributed by atoms with Crippen LogP contribution in [0.3, 0.4) is 0 Å².